The Morgan fingerprint density at radius 1 is 0.800 bits per heavy atom. The molecule has 0 fully saturated rings. The number of hydrogen-bond acceptors (Lipinski definition) is 3. The van der Waals surface area contributed by atoms with E-state index in [2.05, 4.69) is 15.5 Å². The van der Waals surface area contributed by atoms with Crippen LogP contribution in [0.3, 0.4) is 0 Å². The van der Waals surface area contributed by atoms with Crippen LogP contribution in [-0.2, 0) is 0 Å². The van der Waals surface area contributed by atoms with Gasteiger partial charge in [0.15, 0.2) is 0 Å². The Labute approximate surface area is 155 Å². The average Bonchev–Trinajstić information content (AvgIpc) is 2.62. The largest absolute Gasteiger partial charge is 0.320 e. The van der Waals surface area contributed by atoms with Gasteiger partial charge in [0.1, 0.15) is 5.69 Å². The number of nitrogens with one attached hydrogen (secondary N) is 1. The number of hydrogen-bond donors (Lipinski definition) is 1. The smallest absolute Gasteiger partial charge is 0.255 e. The van der Waals surface area contributed by atoms with Gasteiger partial charge >= 0.3 is 0 Å². The first kappa shape index (κ1) is 17.1. The summed E-state index contributed by atoms with van der Waals surface area (Å²) in [5.41, 5.74) is 2.13. The standard InChI is InChI=1S/C19H13Cl2N3O/c20-14-7-4-8-16(11-14)23-24-18-12-15(21)9-10-17(18)22-19(25)13-5-2-1-3-6-13/h1-12H,(H,22,25). The highest BCUT2D eigenvalue weighted by Gasteiger charge is 2.09. The molecule has 0 heterocycles. The molecule has 0 aliphatic heterocycles. The summed E-state index contributed by atoms with van der Waals surface area (Å²) in [5.74, 6) is -0.234. The first-order valence-corrected chi connectivity index (χ1v) is 8.21. The van der Waals surface area contributed by atoms with E-state index in [-0.39, 0.29) is 5.91 Å². The van der Waals surface area contributed by atoms with Gasteiger partial charge in [-0.15, -0.1) is 5.11 Å². The second-order valence-electron chi connectivity index (χ2n) is 5.16. The highest BCUT2D eigenvalue weighted by Crippen LogP contribution is 2.31. The second kappa shape index (κ2) is 7.92. The van der Waals surface area contributed by atoms with Crippen LogP contribution in [0.15, 0.2) is 83.0 Å². The van der Waals surface area contributed by atoms with Crippen molar-refractivity contribution in [2.75, 3.05) is 5.32 Å². The molecule has 1 amide bonds. The molecule has 0 saturated carbocycles. The van der Waals surface area contributed by atoms with Crippen molar-refractivity contribution in [2.45, 2.75) is 0 Å². The monoisotopic (exact) mass is 369 g/mol. The van der Waals surface area contributed by atoms with Gasteiger partial charge < -0.3 is 5.32 Å². The highest BCUT2D eigenvalue weighted by atomic mass is 35.5. The van der Waals surface area contributed by atoms with Crippen molar-refractivity contribution in [3.05, 3.63) is 88.4 Å². The number of carbonyl (C=O) groups is 1. The number of anilines is 1. The lowest BCUT2D eigenvalue weighted by molar-refractivity contribution is 0.102. The highest BCUT2D eigenvalue weighted by molar-refractivity contribution is 6.31. The van der Waals surface area contributed by atoms with Gasteiger partial charge in [0.2, 0.25) is 0 Å². The van der Waals surface area contributed by atoms with E-state index in [9.17, 15) is 4.79 Å². The van der Waals surface area contributed by atoms with Gasteiger partial charge in [-0.3, -0.25) is 4.79 Å². The van der Waals surface area contributed by atoms with Crippen LogP contribution in [0.25, 0.3) is 0 Å². The molecule has 0 bridgehead atoms. The third-order valence-corrected chi connectivity index (χ3v) is 3.80. The third-order valence-electron chi connectivity index (χ3n) is 3.33. The zero-order chi connectivity index (χ0) is 17.6. The van der Waals surface area contributed by atoms with Crippen molar-refractivity contribution >= 4 is 46.2 Å². The Hall–Kier alpha value is -2.69. The molecule has 0 aliphatic rings. The third kappa shape index (κ3) is 4.66. The number of halogens is 2. The molecule has 4 nitrogen and oxygen atoms in total. The summed E-state index contributed by atoms with van der Waals surface area (Å²) in [7, 11) is 0. The summed E-state index contributed by atoms with van der Waals surface area (Å²) in [6.45, 7) is 0. The van der Waals surface area contributed by atoms with E-state index >= 15 is 0 Å². The molecule has 3 rings (SSSR count). The van der Waals surface area contributed by atoms with Crippen molar-refractivity contribution in [1.29, 1.82) is 0 Å². The average molecular weight is 370 g/mol. The molecule has 3 aromatic carbocycles. The molecule has 0 saturated heterocycles. The summed E-state index contributed by atoms with van der Waals surface area (Å²) in [6.07, 6.45) is 0. The molecule has 0 unspecified atom stereocenters. The predicted molar refractivity (Wildman–Crippen MR) is 101 cm³/mol. The van der Waals surface area contributed by atoms with Crippen LogP contribution in [0.5, 0.6) is 0 Å². The SMILES string of the molecule is O=C(Nc1ccc(Cl)cc1N=Nc1cccc(Cl)c1)c1ccccc1. The maximum absolute atomic E-state index is 12.3. The number of nitrogens with zero attached hydrogens (tertiary/aromatic N) is 2. The van der Waals surface area contributed by atoms with E-state index in [4.69, 9.17) is 23.2 Å². The van der Waals surface area contributed by atoms with Crippen molar-refractivity contribution in [2.24, 2.45) is 10.2 Å². The van der Waals surface area contributed by atoms with Gasteiger partial charge in [0, 0.05) is 15.6 Å². The first-order chi connectivity index (χ1) is 12.1. The molecule has 0 radical (unpaired) electrons. The quantitative estimate of drug-likeness (QED) is 0.513. The van der Waals surface area contributed by atoms with Gasteiger partial charge in [0.05, 0.1) is 11.4 Å². The molecule has 124 valence electrons. The maximum atomic E-state index is 12.3. The van der Waals surface area contributed by atoms with Crippen molar-refractivity contribution < 1.29 is 4.79 Å². The first-order valence-electron chi connectivity index (χ1n) is 7.45. The Kier molecular flexibility index (Phi) is 5.43. The molecule has 0 spiro atoms. The fourth-order valence-electron chi connectivity index (χ4n) is 2.13. The molecule has 6 heteroatoms. The van der Waals surface area contributed by atoms with E-state index in [0.717, 1.165) is 0 Å². The lowest BCUT2D eigenvalue weighted by Gasteiger charge is -2.08. The Balaban J connectivity index is 1.87. The minimum absolute atomic E-state index is 0.234. The zero-order valence-corrected chi connectivity index (χ0v) is 14.5. The van der Waals surface area contributed by atoms with Gasteiger partial charge in [-0.25, -0.2) is 0 Å². The van der Waals surface area contributed by atoms with Gasteiger partial charge in [-0.2, -0.15) is 5.11 Å². The summed E-state index contributed by atoms with van der Waals surface area (Å²) >= 11 is 12.0. The number of carbonyl (C=O) groups excluding carboxylic acids is 1. The minimum atomic E-state index is -0.234. The second-order valence-corrected chi connectivity index (χ2v) is 6.03. The Bertz CT molecular complexity index is 927. The summed E-state index contributed by atoms with van der Waals surface area (Å²) in [6, 6.07) is 20.9. The van der Waals surface area contributed by atoms with E-state index in [1.54, 1.807) is 66.7 Å². The van der Waals surface area contributed by atoms with E-state index in [0.29, 0.717) is 32.7 Å². The van der Waals surface area contributed by atoms with Crippen LogP contribution >= 0.6 is 23.2 Å². The van der Waals surface area contributed by atoms with Crippen molar-refractivity contribution in [3.63, 3.8) is 0 Å². The van der Waals surface area contributed by atoms with Crippen LogP contribution in [0.1, 0.15) is 10.4 Å². The molecule has 0 atom stereocenters. The van der Waals surface area contributed by atoms with Crippen LogP contribution in [0.4, 0.5) is 17.1 Å². The minimum Gasteiger partial charge on any atom is -0.320 e. The summed E-state index contributed by atoms with van der Waals surface area (Å²) < 4.78 is 0. The fourth-order valence-corrected chi connectivity index (χ4v) is 2.48. The van der Waals surface area contributed by atoms with Gasteiger partial charge in [-0.05, 0) is 48.5 Å². The molecule has 25 heavy (non-hydrogen) atoms. The Morgan fingerprint density at radius 2 is 1.56 bits per heavy atom. The number of azo groups is 1. The number of rotatable bonds is 4. The lowest BCUT2D eigenvalue weighted by atomic mass is 10.2. The lowest BCUT2D eigenvalue weighted by Crippen LogP contribution is -2.11. The van der Waals surface area contributed by atoms with Gasteiger partial charge in [0.25, 0.3) is 5.91 Å². The normalized spacial score (nSPS) is 10.8. The van der Waals surface area contributed by atoms with Gasteiger partial charge in [-0.1, -0.05) is 47.5 Å². The van der Waals surface area contributed by atoms with Crippen LogP contribution in [0.2, 0.25) is 10.0 Å². The number of benzene rings is 3. The zero-order valence-electron chi connectivity index (χ0n) is 13.0. The summed E-state index contributed by atoms with van der Waals surface area (Å²) in [5, 5.41) is 12.2. The molecular weight excluding hydrogens is 357 g/mol. The van der Waals surface area contributed by atoms with E-state index in [1.807, 2.05) is 6.07 Å². The van der Waals surface area contributed by atoms with E-state index in [1.165, 1.54) is 0 Å². The van der Waals surface area contributed by atoms with E-state index < -0.39 is 0 Å². The van der Waals surface area contributed by atoms with Crippen LogP contribution in [0, 0.1) is 0 Å². The number of amides is 1. The van der Waals surface area contributed by atoms with Crippen molar-refractivity contribution in [3.8, 4) is 0 Å². The molecule has 3 aromatic rings. The molecule has 0 aliphatic carbocycles. The van der Waals surface area contributed by atoms with Crippen LogP contribution < -0.4 is 5.32 Å². The maximum Gasteiger partial charge on any atom is 0.255 e. The van der Waals surface area contributed by atoms with Crippen LogP contribution in [-0.4, -0.2) is 5.91 Å². The predicted octanol–water partition coefficient (Wildman–Crippen LogP) is 6.66. The fraction of sp³-hybridized carbons (Fsp3) is 0. The van der Waals surface area contributed by atoms with Crippen molar-refractivity contribution in [1.82, 2.24) is 0 Å². The molecule has 0 aromatic heterocycles. The molecular formula is C19H13Cl2N3O. The summed E-state index contributed by atoms with van der Waals surface area (Å²) in [4.78, 5) is 12.3. The topological polar surface area (TPSA) is 53.8 Å². The Morgan fingerprint density at radius 3 is 2.32 bits per heavy atom. The molecule has 1 N–H and O–H groups in total.